The molecule has 2 aromatic carbocycles. The zero-order valence-corrected chi connectivity index (χ0v) is 20.0. The first-order valence-corrected chi connectivity index (χ1v) is 11.2. The van der Waals surface area contributed by atoms with Gasteiger partial charge in [0.25, 0.3) is 0 Å². The van der Waals surface area contributed by atoms with Gasteiger partial charge in [-0.1, -0.05) is 41.9 Å². The van der Waals surface area contributed by atoms with Crippen molar-refractivity contribution >= 4 is 11.6 Å². The summed E-state index contributed by atoms with van der Waals surface area (Å²) >= 11 is 6.59. The van der Waals surface area contributed by atoms with Crippen LogP contribution in [-0.2, 0) is 11.2 Å². The van der Waals surface area contributed by atoms with E-state index in [4.69, 9.17) is 31.3 Å². The van der Waals surface area contributed by atoms with Gasteiger partial charge in [0.05, 0.1) is 25.9 Å². The van der Waals surface area contributed by atoms with Crippen LogP contribution in [0.25, 0.3) is 0 Å². The lowest BCUT2D eigenvalue weighted by Crippen LogP contribution is -2.55. The van der Waals surface area contributed by atoms with Gasteiger partial charge in [-0.15, -0.1) is 0 Å². The Hall–Kier alpha value is -1.79. The smallest absolute Gasteiger partial charge is 0.119 e. The fraction of sp³-hybridized carbons (Fsp3) is 0.500. The molecule has 0 radical (unpaired) electrons. The Morgan fingerprint density at radius 1 is 1.00 bits per heavy atom. The molecule has 0 saturated carbocycles. The highest BCUT2D eigenvalue weighted by atomic mass is 35.5. The zero-order valence-electron chi connectivity index (χ0n) is 19.2. The summed E-state index contributed by atoms with van der Waals surface area (Å²) in [4.78, 5) is 0. The number of aliphatic hydroxyl groups excluding tert-OH is 6. The van der Waals surface area contributed by atoms with Gasteiger partial charge in [-0.2, -0.15) is 0 Å². The van der Waals surface area contributed by atoms with E-state index >= 15 is 0 Å². The van der Waals surface area contributed by atoms with E-state index in [0.29, 0.717) is 23.6 Å². The molecule has 0 unspecified atom stereocenters. The number of halogens is 1. The maximum Gasteiger partial charge on any atom is 0.119 e. The van der Waals surface area contributed by atoms with E-state index < -0.39 is 43.2 Å². The first-order valence-electron chi connectivity index (χ1n) is 10.8. The molecule has 0 spiro atoms. The summed E-state index contributed by atoms with van der Waals surface area (Å²) in [6.45, 7) is 3.44. The normalized spacial score (nSPS) is 24.9. The summed E-state index contributed by atoms with van der Waals surface area (Å²) in [5.41, 5.74) is 2.37. The molecule has 2 aromatic rings. The molecule has 10 heteroatoms. The van der Waals surface area contributed by atoms with Crippen LogP contribution in [0.15, 0.2) is 42.5 Å². The first-order chi connectivity index (χ1) is 15.7. The second-order valence-electron chi connectivity index (χ2n) is 7.86. The highest BCUT2D eigenvalue weighted by Gasteiger charge is 2.44. The Bertz CT molecular complexity index is 845. The van der Waals surface area contributed by atoms with E-state index in [1.165, 1.54) is 6.92 Å². The van der Waals surface area contributed by atoms with Crippen molar-refractivity contribution in [2.24, 2.45) is 0 Å². The second kappa shape index (κ2) is 14.6. The zero-order chi connectivity index (χ0) is 24.5. The van der Waals surface area contributed by atoms with Crippen molar-refractivity contribution in [2.75, 3.05) is 19.8 Å². The maximum absolute atomic E-state index is 10.4. The molecule has 9 nitrogen and oxygen atoms in total. The Morgan fingerprint density at radius 2 is 1.62 bits per heavy atom. The molecule has 0 aliphatic carbocycles. The number of aliphatic hydroxyl groups is 6. The fourth-order valence-electron chi connectivity index (χ4n) is 3.40. The van der Waals surface area contributed by atoms with E-state index in [2.05, 4.69) is 0 Å². The largest absolute Gasteiger partial charge is 0.494 e. The SMILES string of the molecule is CCOc1ccc(Cc2cccc([C@@H]3O[C@H](CO)[C@@H](O)[C@H](O)[C@H]3O)c2Cl)cc1.C[C@H](O)CO.O. The van der Waals surface area contributed by atoms with Crippen molar-refractivity contribution in [2.45, 2.75) is 56.9 Å². The molecule has 1 fully saturated rings. The number of hydrogen-bond acceptors (Lipinski definition) is 8. The van der Waals surface area contributed by atoms with Gasteiger partial charge in [-0.3, -0.25) is 0 Å². The van der Waals surface area contributed by atoms with Crippen LogP contribution in [-0.4, -0.2) is 86.5 Å². The minimum Gasteiger partial charge on any atom is -0.494 e. The van der Waals surface area contributed by atoms with Crippen LogP contribution in [0.2, 0.25) is 5.02 Å². The van der Waals surface area contributed by atoms with E-state index in [9.17, 15) is 20.4 Å². The Morgan fingerprint density at radius 3 is 2.15 bits per heavy atom. The number of hydrogen-bond donors (Lipinski definition) is 6. The van der Waals surface area contributed by atoms with Gasteiger partial charge >= 0.3 is 0 Å². The standard InChI is InChI=1S/C21H25ClO6.C3H8O2.H2O/c1-2-27-14-8-6-12(7-9-14)10-13-4-3-5-15(17(13)22)21-20(26)19(25)18(24)16(11-23)28-21;1-3(5)2-4;/h3-9,16,18-21,23-26H,2,10-11H2,1H3;3-5H,2H2,1H3;1H2/t16-,18-,19+,20-,21+;3-;/m10./s1. The molecule has 1 saturated heterocycles. The molecular weight excluding hydrogens is 468 g/mol. The Labute approximate surface area is 204 Å². The Kier molecular flexibility index (Phi) is 13.0. The minimum atomic E-state index is -1.44. The third kappa shape index (κ3) is 7.88. The molecular formula is C24H35ClO9. The summed E-state index contributed by atoms with van der Waals surface area (Å²) in [6, 6.07) is 13.1. The van der Waals surface area contributed by atoms with E-state index in [-0.39, 0.29) is 12.1 Å². The van der Waals surface area contributed by atoms with Crippen LogP contribution in [0, 0.1) is 0 Å². The highest BCUT2D eigenvalue weighted by Crippen LogP contribution is 2.37. The Balaban J connectivity index is 0.000000873. The van der Waals surface area contributed by atoms with Crippen molar-refractivity contribution in [1.29, 1.82) is 0 Å². The van der Waals surface area contributed by atoms with Gasteiger partial charge in [0, 0.05) is 10.6 Å². The van der Waals surface area contributed by atoms with Gasteiger partial charge in [-0.05, 0) is 43.5 Å². The molecule has 0 aromatic heterocycles. The third-order valence-corrected chi connectivity index (χ3v) is 5.66. The average molecular weight is 503 g/mol. The maximum atomic E-state index is 10.4. The lowest BCUT2D eigenvalue weighted by Gasteiger charge is -2.40. The predicted octanol–water partition coefficient (Wildman–Crippen LogP) is 0.379. The van der Waals surface area contributed by atoms with Gasteiger partial charge in [0.2, 0.25) is 0 Å². The van der Waals surface area contributed by atoms with Crippen LogP contribution >= 0.6 is 11.6 Å². The van der Waals surface area contributed by atoms with E-state index in [1.807, 2.05) is 37.3 Å². The molecule has 1 aliphatic heterocycles. The molecule has 192 valence electrons. The molecule has 6 atom stereocenters. The summed E-state index contributed by atoms with van der Waals surface area (Å²) < 4.78 is 11.1. The van der Waals surface area contributed by atoms with Gasteiger partial charge in [0.15, 0.2) is 0 Å². The molecule has 34 heavy (non-hydrogen) atoms. The van der Waals surface area contributed by atoms with Crippen LogP contribution in [0.5, 0.6) is 5.75 Å². The summed E-state index contributed by atoms with van der Waals surface area (Å²) in [6.07, 6.45) is -6.14. The fourth-order valence-corrected chi connectivity index (χ4v) is 3.71. The monoisotopic (exact) mass is 502 g/mol. The van der Waals surface area contributed by atoms with Crippen molar-refractivity contribution in [1.82, 2.24) is 0 Å². The van der Waals surface area contributed by atoms with Crippen LogP contribution in [0.3, 0.4) is 0 Å². The van der Waals surface area contributed by atoms with Crippen LogP contribution in [0.1, 0.15) is 36.6 Å². The van der Waals surface area contributed by atoms with Crippen molar-refractivity contribution in [3.05, 3.63) is 64.2 Å². The number of benzene rings is 2. The second-order valence-corrected chi connectivity index (χ2v) is 8.23. The highest BCUT2D eigenvalue weighted by molar-refractivity contribution is 6.32. The van der Waals surface area contributed by atoms with Crippen molar-refractivity contribution in [3.8, 4) is 5.75 Å². The molecule has 1 aliphatic rings. The van der Waals surface area contributed by atoms with Gasteiger partial charge < -0.3 is 45.6 Å². The number of ether oxygens (including phenoxy) is 2. The third-order valence-electron chi connectivity index (χ3n) is 5.20. The van der Waals surface area contributed by atoms with Gasteiger partial charge in [0.1, 0.15) is 36.3 Å². The topological polar surface area (TPSA) is 171 Å². The van der Waals surface area contributed by atoms with E-state index in [1.54, 1.807) is 12.1 Å². The van der Waals surface area contributed by atoms with Crippen molar-refractivity contribution < 1.29 is 45.6 Å². The quantitative estimate of drug-likeness (QED) is 0.315. The summed E-state index contributed by atoms with van der Waals surface area (Å²) in [7, 11) is 0. The molecule has 3 rings (SSSR count). The molecule has 0 bridgehead atoms. The van der Waals surface area contributed by atoms with Crippen LogP contribution < -0.4 is 4.74 Å². The molecule has 0 amide bonds. The molecule has 1 heterocycles. The summed E-state index contributed by atoms with van der Waals surface area (Å²) in [5, 5.41) is 56.2. The van der Waals surface area contributed by atoms with Gasteiger partial charge in [-0.25, -0.2) is 0 Å². The molecule has 8 N–H and O–H groups in total. The first kappa shape index (κ1) is 30.2. The number of rotatable bonds is 7. The van der Waals surface area contributed by atoms with E-state index in [0.717, 1.165) is 16.9 Å². The lowest BCUT2D eigenvalue weighted by atomic mass is 9.90. The van der Waals surface area contributed by atoms with Crippen molar-refractivity contribution in [3.63, 3.8) is 0 Å². The van der Waals surface area contributed by atoms with Crippen LogP contribution in [0.4, 0.5) is 0 Å². The lowest BCUT2D eigenvalue weighted by molar-refractivity contribution is -0.231. The summed E-state index contributed by atoms with van der Waals surface area (Å²) in [5.74, 6) is 0.799. The minimum absolute atomic E-state index is 0. The average Bonchev–Trinajstić information content (AvgIpc) is 2.81. The predicted molar refractivity (Wildman–Crippen MR) is 127 cm³/mol.